The molecule has 0 unspecified atom stereocenters. The first kappa shape index (κ1) is 31.6. The van der Waals surface area contributed by atoms with Crippen molar-refractivity contribution in [2.75, 3.05) is 20.3 Å². The monoisotopic (exact) mass is 581 g/mol. The van der Waals surface area contributed by atoms with Crippen molar-refractivity contribution in [1.29, 1.82) is 0 Å². The average molecular weight is 582 g/mol. The van der Waals surface area contributed by atoms with Crippen molar-refractivity contribution in [1.82, 2.24) is 4.57 Å². The Morgan fingerprint density at radius 3 is 2.43 bits per heavy atom. The summed E-state index contributed by atoms with van der Waals surface area (Å²) in [6, 6.07) is 5.73. The molecule has 2 atom stereocenters. The SMILES string of the molecule is CCOC(=O)c1cn2c(cc1=O)-c1cc(OC)c(OCCCCCCCC(=O)OC(C)(C)C)cc1[C@H]1CCC(C)(C)[C@H]12. The van der Waals surface area contributed by atoms with E-state index in [9.17, 15) is 14.4 Å². The van der Waals surface area contributed by atoms with Crippen LogP contribution in [0, 0.1) is 5.41 Å². The molecule has 1 saturated carbocycles. The number of pyridine rings is 1. The number of esters is 2. The van der Waals surface area contributed by atoms with E-state index in [1.165, 1.54) is 0 Å². The second-order valence-electron chi connectivity index (χ2n) is 13.2. The Bertz CT molecular complexity index is 1350. The first-order valence-corrected chi connectivity index (χ1v) is 15.4. The van der Waals surface area contributed by atoms with Crippen LogP contribution in [0.4, 0.5) is 0 Å². The molecule has 0 N–H and O–H groups in total. The van der Waals surface area contributed by atoms with Crippen molar-refractivity contribution in [2.24, 2.45) is 5.41 Å². The average Bonchev–Trinajstić information content (AvgIpc) is 3.23. The zero-order valence-electron chi connectivity index (χ0n) is 26.3. The topological polar surface area (TPSA) is 93.1 Å². The van der Waals surface area contributed by atoms with E-state index in [4.69, 9.17) is 18.9 Å². The second-order valence-corrected chi connectivity index (χ2v) is 13.2. The van der Waals surface area contributed by atoms with Crippen LogP contribution in [0.3, 0.4) is 0 Å². The van der Waals surface area contributed by atoms with Gasteiger partial charge in [-0.15, -0.1) is 0 Å². The summed E-state index contributed by atoms with van der Waals surface area (Å²) < 4.78 is 24.7. The Kier molecular flexibility index (Phi) is 9.74. The van der Waals surface area contributed by atoms with Gasteiger partial charge in [0, 0.05) is 36.2 Å². The van der Waals surface area contributed by atoms with Crippen LogP contribution < -0.4 is 14.9 Å². The van der Waals surface area contributed by atoms with E-state index in [0.717, 1.165) is 61.8 Å². The van der Waals surface area contributed by atoms with Gasteiger partial charge in [0.25, 0.3) is 0 Å². The Hall–Kier alpha value is -3.29. The molecular weight excluding hydrogens is 534 g/mol. The van der Waals surface area contributed by atoms with Crippen LogP contribution in [-0.2, 0) is 14.3 Å². The van der Waals surface area contributed by atoms with Crippen LogP contribution in [0.2, 0.25) is 0 Å². The van der Waals surface area contributed by atoms with E-state index in [0.29, 0.717) is 24.5 Å². The van der Waals surface area contributed by atoms with E-state index < -0.39 is 11.6 Å². The normalized spacial score (nSPS) is 18.5. The van der Waals surface area contributed by atoms with Gasteiger partial charge in [-0.1, -0.05) is 33.1 Å². The quantitative estimate of drug-likeness (QED) is 0.193. The minimum atomic E-state index is -0.583. The first-order chi connectivity index (χ1) is 19.9. The van der Waals surface area contributed by atoms with Crippen molar-refractivity contribution in [2.45, 2.75) is 110 Å². The van der Waals surface area contributed by atoms with Crippen LogP contribution >= 0.6 is 0 Å². The smallest absolute Gasteiger partial charge is 0.343 e. The third kappa shape index (κ3) is 7.01. The Balaban J connectivity index is 1.47. The van der Waals surface area contributed by atoms with Gasteiger partial charge in [0.15, 0.2) is 16.9 Å². The Morgan fingerprint density at radius 1 is 1.02 bits per heavy atom. The van der Waals surface area contributed by atoms with Crippen LogP contribution in [-0.4, -0.2) is 42.4 Å². The molecule has 1 fully saturated rings. The predicted molar refractivity (Wildman–Crippen MR) is 162 cm³/mol. The molecule has 0 radical (unpaired) electrons. The van der Waals surface area contributed by atoms with Crippen molar-refractivity contribution >= 4 is 11.9 Å². The summed E-state index contributed by atoms with van der Waals surface area (Å²) in [5, 5.41) is 0. The van der Waals surface area contributed by atoms with Gasteiger partial charge in [0.05, 0.1) is 26.0 Å². The zero-order chi connectivity index (χ0) is 30.7. The molecule has 1 aliphatic heterocycles. The number of hydrogen-bond donors (Lipinski definition) is 0. The summed E-state index contributed by atoms with van der Waals surface area (Å²) in [6.45, 7) is 12.7. The van der Waals surface area contributed by atoms with Crippen LogP contribution in [0.5, 0.6) is 11.5 Å². The largest absolute Gasteiger partial charge is 0.493 e. The van der Waals surface area contributed by atoms with Crippen LogP contribution in [0.15, 0.2) is 29.2 Å². The zero-order valence-corrected chi connectivity index (χ0v) is 26.3. The van der Waals surface area contributed by atoms with E-state index >= 15 is 0 Å². The van der Waals surface area contributed by atoms with Crippen molar-refractivity contribution in [3.8, 4) is 22.8 Å². The number of unbranched alkanes of at least 4 members (excludes halogenated alkanes) is 4. The molecule has 2 heterocycles. The van der Waals surface area contributed by atoms with Crippen molar-refractivity contribution < 1.29 is 28.5 Å². The number of carbonyl (C=O) groups excluding carboxylic acids is 2. The molecule has 4 rings (SSSR count). The molecule has 42 heavy (non-hydrogen) atoms. The predicted octanol–water partition coefficient (Wildman–Crippen LogP) is 7.22. The number of benzene rings is 1. The van der Waals surface area contributed by atoms with Crippen LogP contribution in [0.1, 0.15) is 121 Å². The lowest BCUT2D eigenvalue weighted by Gasteiger charge is -2.40. The summed E-state index contributed by atoms with van der Waals surface area (Å²) in [5.74, 6) is 0.836. The molecule has 0 spiro atoms. The molecule has 2 aromatic rings. The first-order valence-electron chi connectivity index (χ1n) is 15.4. The van der Waals surface area contributed by atoms with Gasteiger partial charge >= 0.3 is 11.9 Å². The maximum absolute atomic E-state index is 13.1. The lowest BCUT2D eigenvalue weighted by molar-refractivity contribution is -0.154. The molecule has 1 aromatic carbocycles. The molecule has 1 aromatic heterocycles. The highest BCUT2D eigenvalue weighted by Crippen LogP contribution is 2.59. The second kappa shape index (κ2) is 12.9. The highest BCUT2D eigenvalue weighted by molar-refractivity contribution is 5.89. The fourth-order valence-electron chi connectivity index (χ4n) is 6.48. The Morgan fingerprint density at radius 2 is 1.74 bits per heavy atom. The lowest BCUT2D eigenvalue weighted by atomic mass is 9.77. The van der Waals surface area contributed by atoms with E-state index in [1.807, 2.05) is 26.8 Å². The molecule has 8 heteroatoms. The standard InChI is InChI=1S/C34H47NO7/c1-8-40-32(38)25-21-35-26(20-27(25)36)24-19-28(39-7)29(18-23(24)22-15-16-34(5,6)31(22)35)41-17-13-11-9-10-12-14-30(37)42-33(2,3)4/h18-22,31H,8-17H2,1-7H3/t22-,31+/m1/s1. The minimum absolute atomic E-state index is 0.0253. The van der Waals surface area contributed by atoms with Gasteiger partial charge in [0.1, 0.15) is 11.2 Å². The van der Waals surface area contributed by atoms with Gasteiger partial charge in [-0.2, -0.15) is 0 Å². The summed E-state index contributed by atoms with van der Waals surface area (Å²) in [6.07, 6.45) is 8.95. The molecule has 1 aliphatic carbocycles. The number of ether oxygens (including phenoxy) is 4. The molecule has 0 amide bonds. The highest BCUT2D eigenvalue weighted by Gasteiger charge is 2.48. The van der Waals surface area contributed by atoms with Gasteiger partial charge < -0.3 is 23.5 Å². The summed E-state index contributed by atoms with van der Waals surface area (Å²) in [5.41, 5.74) is 2.16. The molecule has 230 valence electrons. The minimum Gasteiger partial charge on any atom is -0.493 e. The van der Waals surface area contributed by atoms with Crippen molar-refractivity contribution in [3.63, 3.8) is 0 Å². The number of rotatable bonds is 12. The van der Waals surface area contributed by atoms with E-state index in [-0.39, 0.29) is 40.9 Å². The summed E-state index contributed by atoms with van der Waals surface area (Å²) >= 11 is 0. The van der Waals surface area contributed by atoms with E-state index in [2.05, 4.69) is 24.5 Å². The van der Waals surface area contributed by atoms with E-state index in [1.54, 1.807) is 26.3 Å². The maximum atomic E-state index is 13.1. The molecule has 8 nitrogen and oxygen atoms in total. The molecular formula is C34H47NO7. The molecule has 0 bridgehead atoms. The highest BCUT2D eigenvalue weighted by atomic mass is 16.6. The number of nitrogens with zero attached hydrogens (tertiary/aromatic N) is 1. The third-order valence-electron chi connectivity index (χ3n) is 8.37. The van der Waals surface area contributed by atoms with Crippen molar-refractivity contribution in [3.05, 3.63) is 45.7 Å². The number of aromatic nitrogens is 1. The van der Waals surface area contributed by atoms with Gasteiger partial charge in [-0.05, 0) is 76.5 Å². The molecule has 2 aliphatic rings. The maximum Gasteiger partial charge on any atom is 0.343 e. The van der Waals surface area contributed by atoms with Gasteiger partial charge in [-0.25, -0.2) is 4.79 Å². The molecule has 0 saturated heterocycles. The van der Waals surface area contributed by atoms with Crippen LogP contribution in [0.25, 0.3) is 11.3 Å². The summed E-state index contributed by atoms with van der Waals surface area (Å²) in [7, 11) is 1.63. The number of methoxy groups -OCH3 is 1. The van der Waals surface area contributed by atoms with Gasteiger partial charge in [-0.3, -0.25) is 9.59 Å². The third-order valence-corrected chi connectivity index (χ3v) is 8.37. The number of fused-ring (bicyclic) bond motifs is 6. The summed E-state index contributed by atoms with van der Waals surface area (Å²) in [4.78, 5) is 37.5. The van der Waals surface area contributed by atoms with Gasteiger partial charge in [0.2, 0.25) is 0 Å². The fraction of sp³-hybridized carbons (Fsp3) is 0.618. The Labute approximate surface area is 249 Å². The number of carbonyl (C=O) groups is 2. The lowest BCUT2D eigenvalue weighted by Crippen LogP contribution is -2.32. The number of hydrogen-bond acceptors (Lipinski definition) is 7. The fourth-order valence-corrected chi connectivity index (χ4v) is 6.48.